The molecule has 1 saturated heterocycles. The summed E-state index contributed by atoms with van der Waals surface area (Å²) in [5, 5.41) is 1.13. The quantitative estimate of drug-likeness (QED) is 0.682. The molecule has 1 amide bonds. The Hall–Kier alpha value is -3.08. The van der Waals surface area contributed by atoms with Crippen LogP contribution in [0.25, 0.3) is 10.9 Å². The first-order valence-corrected chi connectivity index (χ1v) is 10.1. The Balaban J connectivity index is 1.43. The van der Waals surface area contributed by atoms with Crippen LogP contribution in [0.1, 0.15) is 16.8 Å². The zero-order valence-corrected chi connectivity index (χ0v) is 17.3. The molecule has 0 aliphatic carbocycles. The lowest BCUT2D eigenvalue weighted by Gasteiger charge is -2.36. The molecule has 1 fully saturated rings. The predicted octanol–water partition coefficient (Wildman–Crippen LogP) is 3.75. The normalized spacial score (nSPS) is 14.3. The first-order chi connectivity index (χ1) is 14.1. The summed E-state index contributed by atoms with van der Waals surface area (Å²) in [6, 6.07) is 16.2. The number of aryl methyl sites for hydroxylation is 2. The molecule has 0 atom stereocenters. The molecule has 0 saturated carbocycles. The molecule has 0 radical (unpaired) electrons. The molecule has 5 nitrogen and oxygen atoms in total. The SMILES string of the molecule is COc1ccc(N2CCN(C(=O)Cc3c(C)nc4ccccc4c3C)CC2)cc1. The minimum atomic E-state index is 0.183. The fraction of sp³-hybridized carbons (Fsp3) is 0.333. The van der Waals surface area contributed by atoms with Gasteiger partial charge in [-0.2, -0.15) is 0 Å². The number of nitrogens with zero attached hydrogens (tertiary/aromatic N) is 3. The van der Waals surface area contributed by atoms with Crippen molar-refractivity contribution in [3.63, 3.8) is 0 Å². The van der Waals surface area contributed by atoms with Crippen molar-refractivity contribution in [2.45, 2.75) is 20.3 Å². The van der Waals surface area contributed by atoms with Crippen molar-refractivity contribution < 1.29 is 9.53 Å². The van der Waals surface area contributed by atoms with Gasteiger partial charge in [0.25, 0.3) is 0 Å². The molecule has 29 heavy (non-hydrogen) atoms. The molecular weight excluding hydrogens is 362 g/mol. The summed E-state index contributed by atoms with van der Waals surface area (Å²) in [6.45, 7) is 7.26. The number of carbonyl (C=O) groups is 1. The molecule has 2 heterocycles. The highest BCUT2D eigenvalue weighted by molar-refractivity contribution is 5.86. The number of carbonyl (C=O) groups excluding carboxylic acids is 1. The van der Waals surface area contributed by atoms with E-state index in [9.17, 15) is 4.79 Å². The number of hydrogen-bond donors (Lipinski definition) is 0. The van der Waals surface area contributed by atoms with Crippen LogP contribution in [0.15, 0.2) is 48.5 Å². The summed E-state index contributed by atoms with van der Waals surface area (Å²) < 4.78 is 5.23. The molecule has 2 aromatic carbocycles. The average molecular weight is 389 g/mol. The molecule has 0 bridgehead atoms. The lowest BCUT2D eigenvalue weighted by atomic mass is 9.99. The summed E-state index contributed by atoms with van der Waals surface area (Å²) >= 11 is 0. The van der Waals surface area contributed by atoms with Crippen LogP contribution >= 0.6 is 0 Å². The van der Waals surface area contributed by atoms with Gasteiger partial charge in [0.05, 0.1) is 19.0 Å². The molecule has 150 valence electrons. The number of para-hydroxylation sites is 1. The fourth-order valence-electron chi connectivity index (χ4n) is 4.10. The number of hydrogen-bond acceptors (Lipinski definition) is 4. The summed E-state index contributed by atoms with van der Waals surface area (Å²) in [5.74, 6) is 1.04. The van der Waals surface area contributed by atoms with Crippen molar-refractivity contribution in [3.05, 3.63) is 65.4 Å². The van der Waals surface area contributed by atoms with Gasteiger partial charge >= 0.3 is 0 Å². The van der Waals surface area contributed by atoms with Crippen LogP contribution in [0.4, 0.5) is 5.69 Å². The Bertz CT molecular complexity index is 1020. The zero-order chi connectivity index (χ0) is 20.4. The van der Waals surface area contributed by atoms with E-state index in [0.29, 0.717) is 6.42 Å². The highest BCUT2D eigenvalue weighted by Crippen LogP contribution is 2.24. The third-order valence-electron chi connectivity index (χ3n) is 5.88. The topological polar surface area (TPSA) is 45.7 Å². The third kappa shape index (κ3) is 3.90. The van der Waals surface area contributed by atoms with E-state index < -0.39 is 0 Å². The maximum atomic E-state index is 13.0. The number of piperazine rings is 1. The number of rotatable bonds is 4. The summed E-state index contributed by atoms with van der Waals surface area (Å²) in [6.07, 6.45) is 0.415. The number of ether oxygens (including phenoxy) is 1. The minimum absolute atomic E-state index is 0.183. The van der Waals surface area contributed by atoms with E-state index in [0.717, 1.165) is 54.1 Å². The molecule has 1 aliphatic rings. The largest absolute Gasteiger partial charge is 0.497 e. The predicted molar refractivity (Wildman–Crippen MR) is 117 cm³/mol. The number of benzene rings is 2. The van der Waals surface area contributed by atoms with Crippen molar-refractivity contribution in [1.29, 1.82) is 0 Å². The van der Waals surface area contributed by atoms with Gasteiger partial charge < -0.3 is 14.5 Å². The van der Waals surface area contributed by atoms with Gasteiger partial charge in [-0.05, 0) is 55.3 Å². The summed E-state index contributed by atoms with van der Waals surface area (Å²) in [5.41, 5.74) is 5.34. The first kappa shape index (κ1) is 19.2. The van der Waals surface area contributed by atoms with E-state index in [1.807, 2.05) is 42.2 Å². The van der Waals surface area contributed by atoms with Crippen LogP contribution in [0.5, 0.6) is 5.75 Å². The van der Waals surface area contributed by atoms with E-state index in [1.54, 1.807) is 7.11 Å². The Morgan fingerprint density at radius 1 is 1.00 bits per heavy atom. The number of anilines is 1. The van der Waals surface area contributed by atoms with Crippen molar-refractivity contribution in [3.8, 4) is 5.75 Å². The lowest BCUT2D eigenvalue weighted by Crippen LogP contribution is -2.49. The summed E-state index contributed by atoms with van der Waals surface area (Å²) in [4.78, 5) is 22.0. The van der Waals surface area contributed by atoms with Gasteiger partial charge in [-0.15, -0.1) is 0 Å². The second-order valence-electron chi connectivity index (χ2n) is 7.56. The molecule has 1 aromatic heterocycles. The van der Waals surface area contributed by atoms with Crippen LogP contribution in [0.2, 0.25) is 0 Å². The van der Waals surface area contributed by atoms with Crippen molar-refractivity contribution >= 4 is 22.5 Å². The summed E-state index contributed by atoms with van der Waals surface area (Å²) in [7, 11) is 1.67. The molecule has 3 aromatic rings. The number of fused-ring (bicyclic) bond motifs is 1. The second-order valence-corrected chi connectivity index (χ2v) is 7.56. The maximum absolute atomic E-state index is 13.0. The number of pyridine rings is 1. The maximum Gasteiger partial charge on any atom is 0.227 e. The Morgan fingerprint density at radius 2 is 1.69 bits per heavy atom. The van der Waals surface area contributed by atoms with E-state index in [1.165, 1.54) is 11.3 Å². The Kier molecular flexibility index (Phi) is 5.38. The van der Waals surface area contributed by atoms with Crippen molar-refractivity contribution in [2.24, 2.45) is 0 Å². The standard InChI is InChI=1S/C24H27N3O2/c1-17-21-6-4-5-7-23(21)25-18(2)22(17)16-24(28)27-14-12-26(13-15-27)19-8-10-20(29-3)11-9-19/h4-11H,12-16H2,1-3H3. The lowest BCUT2D eigenvalue weighted by molar-refractivity contribution is -0.130. The monoisotopic (exact) mass is 389 g/mol. The molecule has 0 N–H and O–H groups in total. The van der Waals surface area contributed by atoms with Crippen molar-refractivity contribution in [1.82, 2.24) is 9.88 Å². The van der Waals surface area contributed by atoms with E-state index in [2.05, 4.69) is 30.0 Å². The van der Waals surface area contributed by atoms with Gasteiger partial charge in [0, 0.05) is 42.9 Å². The first-order valence-electron chi connectivity index (χ1n) is 10.1. The molecule has 0 spiro atoms. The van der Waals surface area contributed by atoms with Gasteiger partial charge in [0.1, 0.15) is 5.75 Å². The van der Waals surface area contributed by atoms with Gasteiger partial charge in [0.2, 0.25) is 5.91 Å². The fourth-order valence-corrected chi connectivity index (χ4v) is 4.10. The molecule has 1 aliphatic heterocycles. The molecule has 5 heteroatoms. The molecule has 0 unspecified atom stereocenters. The third-order valence-corrected chi connectivity index (χ3v) is 5.88. The van der Waals surface area contributed by atoms with Crippen LogP contribution < -0.4 is 9.64 Å². The Morgan fingerprint density at radius 3 is 2.38 bits per heavy atom. The van der Waals surface area contributed by atoms with E-state index in [-0.39, 0.29) is 5.91 Å². The van der Waals surface area contributed by atoms with Gasteiger partial charge in [-0.1, -0.05) is 18.2 Å². The van der Waals surface area contributed by atoms with Crippen LogP contribution in [-0.4, -0.2) is 49.1 Å². The van der Waals surface area contributed by atoms with Gasteiger partial charge in [0.15, 0.2) is 0 Å². The highest BCUT2D eigenvalue weighted by Gasteiger charge is 2.23. The Labute approximate surface area is 171 Å². The number of aromatic nitrogens is 1. The average Bonchev–Trinajstić information content (AvgIpc) is 2.76. The van der Waals surface area contributed by atoms with E-state index in [4.69, 9.17) is 9.72 Å². The minimum Gasteiger partial charge on any atom is -0.497 e. The van der Waals surface area contributed by atoms with Gasteiger partial charge in [-0.3, -0.25) is 9.78 Å². The van der Waals surface area contributed by atoms with Crippen LogP contribution in [-0.2, 0) is 11.2 Å². The van der Waals surface area contributed by atoms with Crippen LogP contribution in [0.3, 0.4) is 0 Å². The molecular formula is C24H27N3O2. The van der Waals surface area contributed by atoms with Crippen LogP contribution in [0, 0.1) is 13.8 Å². The smallest absolute Gasteiger partial charge is 0.227 e. The zero-order valence-electron chi connectivity index (χ0n) is 17.3. The number of methoxy groups -OCH3 is 1. The highest BCUT2D eigenvalue weighted by atomic mass is 16.5. The number of amides is 1. The second kappa shape index (κ2) is 8.11. The molecule has 4 rings (SSSR count). The van der Waals surface area contributed by atoms with Crippen molar-refractivity contribution in [2.75, 3.05) is 38.2 Å². The van der Waals surface area contributed by atoms with E-state index >= 15 is 0 Å². The van der Waals surface area contributed by atoms with Gasteiger partial charge in [-0.25, -0.2) is 0 Å².